The molecule has 0 saturated carbocycles. The molecule has 1 amide bonds. The van der Waals surface area contributed by atoms with E-state index in [1.165, 1.54) is 34.6 Å². The second-order valence-electron chi connectivity index (χ2n) is 7.19. The van der Waals surface area contributed by atoms with Crippen LogP contribution in [0.4, 0.5) is 5.69 Å². The minimum atomic E-state index is -3.63. The lowest BCUT2D eigenvalue weighted by atomic mass is 10.2. The standard InChI is InChI=1S/C21H22Cl2N2O5S/c1-14-5-7-16(31(28,29)25-9-3-2-4-10-25)12-19(14)24-20(26)13-30-21(27)15-6-8-17(22)18(23)11-15/h5-8,11-12H,2-4,9-10,13H2,1H3,(H,24,26). The molecule has 1 aliphatic heterocycles. The Hall–Kier alpha value is -2.13. The first-order chi connectivity index (χ1) is 14.7. The molecule has 2 aromatic rings. The van der Waals surface area contributed by atoms with E-state index in [0.717, 1.165) is 19.3 Å². The monoisotopic (exact) mass is 484 g/mol. The van der Waals surface area contributed by atoms with E-state index in [-0.39, 0.29) is 15.5 Å². The maximum Gasteiger partial charge on any atom is 0.338 e. The maximum absolute atomic E-state index is 12.9. The van der Waals surface area contributed by atoms with E-state index in [1.54, 1.807) is 13.0 Å². The third-order valence-electron chi connectivity index (χ3n) is 4.93. The van der Waals surface area contributed by atoms with Gasteiger partial charge in [0.05, 0.1) is 20.5 Å². The summed E-state index contributed by atoms with van der Waals surface area (Å²) in [4.78, 5) is 24.5. The van der Waals surface area contributed by atoms with E-state index in [1.807, 2.05) is 0 Å². The predicted octanol–water partition coefficient (Wildman–Crippen LogP) is 4.27. The van der Waals surface area contributed by atoms with Crippen LogP contribution >= 0.6 is 23.2 Å². The lowest BCUT2D eigenvalue weighted by Gasteiger charge is -2.26. The number of esters is 1. The van der Waals surface area contributed by atoms with E-state index >= 15 is 0 Å². The number of rotatable bonds is 6. The molecule has 0 aliphatic carbocycles. The highest BCUT2D eigenvalue weighted by Gasteiger charge is 2.26. The number of carbonyl (C=O) groups excluding carboxylic acids is 2. The van der Waals surface area contributed by atoms with Crippen LogP contribution in [0.25, 0.3) is 0 Å². The topological polar surface area (TPSA) is 92.8 Å². The molecular formula is C21H22Cl2N2O5S. The molecule has 3 rings (SSSR count). The minimum Gasteiger partial charge on any atom is -0.452 e. The summed E-state index contributed by atoms with van der Waals surface area (Å²) in [6.07, 6.45) is 2.68. The summed E-state index contributed by atoms with van der Waals surface area (Å²) in [6.45, 7) is 2.18. The fourth-order valence-electron chi connectivity index (χ4n) is 3.17. The zero-order valence-electron chi connectivity index (χ0n) is 16.9. The summed E-state index contributed by atoms with van der Waals surface area (Å²) >= 11 is 11.7. The molecule has 1 N–H and O–H groups in total. The smallest absolute Gasteiger partial charge is 0.338 e. The number of piperidine rings is 1. The van der Waals surface area contributed by atoms with Gasteiger partial charge < -0.3 is 10.1 Å². The van der Waals surface area contributed by atoms with Crippen molar-refractivity contribution in [3.63, 3.8) is 0 Å². The summed E-state index contributed by atoms with van der Waals surface area (Å²) in [5.74, 6) is -1.32. The Morgan fingerprint density at radius 1 is 1.03 bits per heavy atom. The number of benzene rings is 2. The molecule has 7 nitrogen and oxygen atoms in total. The fraction of sp³-hybridized carbons (Fsp3) is 0.333. The Kier molecular flexibility index (Phi) is 7.59. The molecular weight excluding hydrogens is 463 g/mol. The van der Waals surface area contributed by atoms with Crippen LogP contribution in [-0.2, 0) is 19.6 Å². The van der Waals surface area contributed by atoms with Crippen molar-refractivity contribution in [2.45, 2.75) is 31.1 Å². The lowest BCUT2D eigenvalue weighted by Crippen LogP contribution is -2.35. The number of halogens is 2. The Balaban J connectivity index is 1.66. The summed E-state index contributed by atoms with van der Waals surface area (Å²) in [6, 6.07) is 8.83. The first-order valence-corrected chi connectivity index (χ1v) is 11.9. The largest absolute Gasteiger partial charge is 0.452 e. The molecule has 0 bridgehead atoms. The number of ether oxygens (including phenoxy) is 1. The number of hydrogen-bond acceptors (Lipinski definition) is 5. The van der Waals surface area contributed by atoms with E-state index in [4.69, 9.17) is 27.9 Å². The normalized spacial score (nSPS) is 14.8. The van der Waals surface area contributed by atoms with Crippen LogP contribution in [0.5, 0.6) is 0 Å². The Morgan fingerprint density at radius 3 is 2.42 bits per heavy atom. The summed E-state index contributed by atoms with van der Waals surface area (Å²) in [5.41, 5.74) is 1.18. The average Bonchev–Trinajstić information content (AvgIpc) is 2.76. The Labute approximate surface area is 191 Å². The molecule has 1 saturated heterocycles. The van der Waals surface area contributed by atoms with Crippen molar-refractivity contribution in [3.8, 4) is 0 Å². The van der Waals surface area contributed by atoms with Gasteiger partial charge in [-0.3, -0.25) is 4.79 Å². The summed E-state index contributed by atoms with van der Waals surface area (Å²) < 4.78 is 32.2. The maximum atomic E-state index is 12.9. The van der Waals surface area contributed by atoms with Crippen LogP contribution in [0.15, 0.2) is 41.3 Å². The Bertz CT molecular complexity index is 1100. The molecule has 1 fully saturated rings. The van der Waals surface area contributed by atoms with Crippen molar-refractivity contribution in [3.05, 3.63) is 57.6 Å². The van der Waals surface area contributed by atoms with E-state index in [2.05, 4.69) is 5.32 Å². The highest BCUT2D eigenvalue weighted by molar-refractivity contribution is 7.89. The minimum absolute atomic E-state index is 0.114. The van der Waals surface area contributed by atoms with Crippen molar-refractivity contribution >= 4 is 50.8 Å². The van der Waals surface area contributed by atoms with Gasteiger partial charge in [0.1, 0.15) is 0 Å². The predicted molar refractivity (Wildman–Crippen MR) is 119 cm³/mol. The quantitative estimate of drug-likeness (QED) is 0.617. The van der Waals surface area contributed by atoms with Crippen LogP contribution in [0, 0.1) is 6.92 Å². The molecule has 0 spiro atoms. The second-order valence-corrected chi connectivity index (χ2v) is 9.95. The number of nitrogens with one attached hydrogen (secondary N) is 1. The SMILES string of the molecule is Cc1ccc(S(=O)(=O)N2CCCCC2)cc1NC(=O)COC(=O)c1ccc(Cl)c(Cl)c1. The van der Waals surface area contributed by atoms with Gasteiger partial charge >= 0.3 is 5.97 Å². The van der Waals surface area contributed by atoms with Crippen molar-refractivity contribution in [1.29, 1.82) is 0 Å². The first kappa shape index (κ1) is 23.5. The van der Waals surface area contributed by atoms with E-state index in [0.29, 0.717) is 29.4 Å². The van der Waals surface area contributed by atoms with Gasteiger partial charge in [0, 0.05) is 18.8 Å². The van der Waals surface area contributed by atoms with Gasteiger partial charge in [0.25, 0.3) is 5.91 Å². The number of nitrogens with zero attached hydrogens (tertiary/aromatic N) is 1. The number of anilines is 1. The van der Waals surface area contributed by atoms with Gasteiger partial charge in [-0.15, -0.1) is 0 Å². The molecule has 2 aromatic carbocycles. The molecule has 10 heteroatoms. The molecule has 0 atom stereocenters. The van der Waals surface area contributed by atoms with Crippen molar-refractivity contribution < 1.29 is 22.7 Å². The Morgan fingerprint density at radius 2 is 1.74 bits per heavy atom. The highest BCUT2D eigenvalue weighted by Crippen LogP contribution is 2.25. The van der Waals surface area contributed by atoms with Gasteiger partial charge in [-0.1, -0.05) is 35.7 Å². The molecule has 0 unspecified atom stereocenters. The third kappa shape index (κ3) is 5.77. The van der Waals surface area contributed by atoms with Crippen LogP contribution in [0.3, 0.4) is 0 Å². The number of carbonyl (C=O) groups is 2. The highest BCUT2D eigenvalue weighted by atomic mass is 35.5. The number of sulfonamides is 1. The van der Waals surface area contributed by atoms with Crippen molar-refractivity contribution in [1.82, 2.24) is 4.31 Å². The van der Waals surface area contributed by atoms with Crippen molar-refractivity contribution in [2.75, 3.05) is 25.0 Å². The van der Waals surface area contributed by atoms with E-state index < -0.39 is 28.5 Å². The second kappa shape index (κ2) is 9.99. The van der Waals surface area contributed by atoms with Gasteiger partial charge in [-0.25, -0.2) is 13.2 Å². The summed E-state index contributed by atoms with van der Waals surface area (Å²) in [5, 5.41) is 3.10. The number of amides is 1. The van der Waals surface area contributed by atoms with Crippen molar-refractivity contribution in [2.24, 2.45) is 0 Å². The molecule has 1 aliphatic rings. The third-order valence-corrected chi connectivity index (χ3v) is 7.56. The zero-order valence-corrected chi connectivity index (χ0v) is 19.2. The molecule has 1 heterocycles. The summed E-state index contributed by atoms with van der Waals surface area (Å²) in [7, 11) is -3.63. The van der Waals surface area contributed by atoms with Crippen LogP contribution in [-0.4, -0.2) is 44.3 Å². The lowest BCUT2D eigenvalue weighted by molar-refractivity contribution is -0.119. The molecule has 0 radical (unpaired) electrons. The molecule has 0 aromatic heterocycles. The number of aryl methyl sites for hydroxylation is 1. The van der Waals surface area contributed by atoms with Gasteiger partial charge in [-0.2, -0.15) is 4.31 Å². The van der Waals surface area contributed by atoms with E-state index in [9.17, 15) is 18.0 Å². The molecule has 31 heavy (non-hydrogen) atoms. The van der Waals surface area contributed by atoms with Crippen LogP contribution in [0.1, 0.15) is 35.2 Å². The number of hydrogen-bond donors (Lipinski definition) is 1. The average molecular weight is 485 g/mol. The van der Waals surface area contributed by atoms with Gasteiger partial charge in [0.2, 0.25) is 10.0 Å². The van der Waals surface area contributed by atoms with Crippen LogP contribution in [0.2, 0.25) is 10.0 Å². The van der Waals surface area contributed by atoms with Crippen LogP contribution < -0.4 is 5.32 Å². The van der Waals surface area contributed by atoms with Gasteiger partial charge in [0.15, 0.2) is 6.61 Å². The fourth-order valence-corrected chi connectivity index (χ4v) is 5.02. The molecule has 166 valence electrons. The first-order valence-electron chi connectivity index (χ1n) is 9.71. The zero-order chi connectivity index (χ0) is 22.6. The van der Waals surface area contributed by atoms with Gasteiger partial charge in [-0.05, 0) is 55.7 Å².